The van der Waals surface area contributed by atoms with Gasteiger partial charge in [0, 0.05) is 25.0 Å². The van der Waals surface area contributed by atoms with Crippen molar-refractivity contribution in [1.82, 2.24) is 9.55 Å². The lowest BCUT2D eigenvalue weighted by Crippen LogP contribution is -1.92. The van der Waals surface area contributed by atoms with E-state index in [1.807, 2.05) is 17.7 Å². The van der Waals surface area contributed by atoms with Gasteiger partial charge in [-0.05, 0) is 6.08 Å². The van der Waals surface area contributed by atoms with Gasteiger partial charge in [0.25, 0.3) is 0 Å². The Labute approximate surface area is 65.4 Å². The smallest absolute Gasteiger partial charge is 0.144 e. The molecule has 3 nitrogen and oxygen atoms in total. The molecular formula is C8H10N2O. The SMILES string of the molecule is CCc1nccn1C=CC=O. The predicted octanol–water partition coefficient (Wildman–Crippen LogP) is 1.12. The highest BCUT2D eigenvalue weighted by Gasteiger charge is 1.93. The third kappa shape index (κ3) is 1.77. The van der Waals surface area contributed by atoms with Crippen molar-refractivity contribution < 1.29 is 4.79 Å². The average molecular weight is 150 g/mol. The minimum absolute atomic E-state index is 0.749. The Morgan fingerprint density at radius 2 is 2.55 bits per heavy atom. The van der Waals surface area contributed by atoms with Gasteiger partial charge in [-0.25, -0.2) is 4.98 Å². The second-order valence-corrected chi connectivity index (χ2v) is 2.08. The summed E-state index contributed by atoms with van der Waals surface area (Å²) in [6, 6.07) is 0. The Balaban J connectivity index is 2.84. The normalized spacial score (nSPS) is 10.6. The zero-order valence-corrected chi connectivity index (χ0v) is 6.40. The number of aromatic nitrogens is 2. The van der Waals surface area contributed by atoms with E-state index in [1.54, 1.807) is 12.4 Å². The van der Waals surface area contributed by atoms with Crippen LogP contribution in [0.25, 0.3) is 6.20 Å². The van der Waals surface area contributed by atoms with Gasteiger partial charge in [0.2, 0.25) is 0 Å². The van der Waals surface area contributed by atoms with Crippen molar-refractivity contribution >= 4 is 12.5 Å². The molecule has 0 aliphatic carbocycles. The lowest BCUT2D eigenvalue weighted by molar-refractivity contribution is -0.104. The quantitative estimate of drug-likeness (QED) is 0.478. The standard InChI is InChI=1S/C8H10N2O/c1-2-8-9-4-6-10(8)5-3-7-11/h3-7H,2H2,1H3. The van der Waals surface area contributed by atoms with Gasteiger partial charge < -0.3 is 4.57 Å². The molecule has 0 bridgehead atoms. The summed E-state index contributed by atoms with van der Waals surface area (Å²) < 4.78 is 1.83. The number of nitrogens with zero attached hydrogens (tertiary/aromatic N) is 2. The van der Waals surface area contributed by atoms with Gasteiger partial charge in [0.15, 0.2) is 0 Å². The Bertz CT molecular complexity index is 263. The number of imidazole rings is 1. The summed E-state index contributed by atoms with van der Waals surface area (Å²) in [6.45, 7) is 2.02. The van der Waals surface area contributed by atoms with E-state index in [0.717, 1.165) is 18.5 Å². The van der Waals surface area contributed by atoms with Gasteiger partial charge in [0.05, 0.1) is 0 Å². The van der Waals surface area contributed by atoms with E-state index in [0.29, 0.717) is 0 Å². The third-order valence-corrected chi connectivity index (χ3v) is 1.39. The fraction of sp³-hybridized carbons (Fsp3) is 0.250. The molecule has 0 amide bonds. The maximum atomic E-state index is 9.98. The Morgan fingerprint density at radius 3 is 3.18 bits per heavy atom. The molecule has 1 rings (SSSR count). The molecule has 0 aromatic carbocycles. The number of hydrogen-bond acceptors (Lipinski definition) is 2. The molecule has 1 heterocycles. The molecule has 0 aliphatic rings. The van der Waals surface area contributed by atoms with Crippen LogP contribution in [0.2, 0.25) is 0 Å². The van der Waals surface area contributed by atoms with E-state index in [1.165, 1.54) is 6.08 Å². The minimum atomic E-state index is 0.749. The first-order valence-corrected chi connectivity index (χ1v) is 3.52. The first kappa shape index (κ1) is 7.72. The van der Waals surface area contributed by atoms with Crippen LogP contribution in [-0.2, 0) is 11.2 Å². The van der Waals surface area contributed by atoms with Gasteiger partial charge in [-0.15, -0.1) is 0 Å². The van der Waals surface area contributed by atoms with Gasteiger partial charge in [-0.1, -0.05) is 6.92 Å². The summed E-state index contributed by atoms with van der Waals surface area (Å²) in [4.78, 5) is 14.1. The molecule has 0 aliphatic heterocycles. The average Bonchev–Trinajstić information content (AvgIpc) is 2.47. The maximum Gasteiger partial charge on any atom is 0.144 e. The Kier molecular flexibility index (Phi) is 2.60. The molecule has 0 unspecified atom stereocenters. The number of hydrogen-bond donors (Lipinski definition) is 0. The van der Waals surface area contributed by atoms with Crippen LogP contribution in [0, 0.1) is 0 Å². The highest BCUT2D eigenvalue weighted by atomic mass is 16.1. The second kappa shape index (κ2) is 3.71. The molecule has 0 spiro atoms. The molecular weight excluding hydrogens is 140 g/mol. The molecule has 0 fully saturated rings. The van der Waals surface area contributed by atoms with Gasteiger partial charge in [-0.2, -0.15) is 0 Å². The highest BCUT2D eigenvalue weighted by Crippen LogP contribution is 1.97. The second-order valence-electron chi connectivity index (χ2n) is 2.08. The third-order valence-electron chi connectivity index (χ3n) is 1.39. The number of allylic oxidation sites excluding steroid dienone is 1. The van der Waals surface area contributed by atoms with Gasteiger partial charge in [-0.3, -0.25) is 4.79 Å². The fourth-order valence-corrected chi connectivity index (χ4v) is 0.881. The molecule has 0 saturated heterocycles. The van der Waals surface area contributed by atoms with E-state index in [9.17, 15) is 4.79 Å². The first-order chi connectivity index (χ1) is 5.38. The van der Waals surface area contributed by atoms with Crippen LogP contribution >= 0.6 is 0 Å². The van der Waals surface area contributed by atoms with Crippen molar-refractivity contribution in [2.75, 3.05) is 0 Å². The number of carbonyl (C=O) groups excluding carboxylic acids is 1. The number of carbonyl (C=O) groups is 1. The maximum absolute atomic E-state index is 9.98. The lowest BCUT2D eigenvalue weighted by Gasteiger charge is -1.95. The molecule has 1 aromatic heterocycles. The molecule has 0 N–H and O–H groups in total. The highest BCUT2D eigenvalue weighted by molar-refractivity contribution is 5.69. The van der Waals surface area contributed by atoms with Crippen molar-refractivity contribution in [3.8, 4) is 0 Å². The predicted molar refractivity (Wildman–Crippen MR) is 43.0 cm³/mol. The van der Waals surface area contributed by atoms with Gasteiger partial charge in [0.1, 0.15) is 12.1 Å². The van der Waals surface area contributed by atoms with Gasteiger partial charge >= 0.3 is 0 Å². The van der Waals surface area contributed by atoms with Crippen LogP contribution in [-0.4, -0.2) is 15.8 Å². The summed E-state index contributed by atoms with van der Waals surface area (Å²) in [5.41, 5.74) is 0. The monoisotopic (exact) mass is 150 g/mol. The summed E-state index contributed by atoms with van der Waals surface area (Å²) in [5.74, 6) is 0.961. The molecule has 11 heavy (non-hydrogen) atoms. The van der Waals surface area contributed by atoms with Crippen LogP contribution in [0.4, 0.5) is 0 Å². The van der Waals surface area contributed by atoms with Crippen LogP contribution in [0.1, 0.15) is 12.7 Å². The van der Waals surface area contributed by atoms with E-state index >= 15 is 0 Å². The van der Waals surface area contributed by atoms with Crippen molar-refractivity contribution in [2.45, 2.75) is 13.3 Å². The van der Waals surface area contributed by atoms with Crippen molar-refractivity contribution in [3.63, 3.8) is 0 Å². The van der Waals surface area contributed by atoms with Crippen molar-refractivity contribution in [3.05, 3.63) is 24.3 Å². The van der Waals surface area contributed by atoms with Crippen LogP contribution in [0.3, 0.4) is 0 Å². The summed E-state index contributed by atoms with van der Waals surface area (Å²) in [6.07, 6.45) is 8.29. The fourth-order valence-electron chi connectivity index (χ4n) is 0.881. The molecule has 3 heteroatoms. The lowest BCUT2D eigenvalue weighted by atomic mass is 10.4. The van der Waals surface area contributed by atoms with Crippen molar-refractivity contribution in [2.24, 2.45) is 0 Å². The summed E-state index contributed by atoms with van der Waals surface area (Å²) in [5, 5.41) is 0. The first-order valence-electron chi connectivity index (χ1n) is 3.52. The van der Waals surface area contributed by atoms with Crippen molar-refractivity contribution in [1.29, 1.82) is 0 Å². The molecule has 0 saturated carbocycles. The molecule has 58 valence electrons. The summed E-state index contributed by atoms with van der Waals surface area (Å²) in [7, 11) is 0. The molecule has 1 aromatic rings. The Morgan fingerprint density at radius 1 is 1.73 bits per heavy atom. The largest absolute Gasteiger partial charge is 0.310 e. The number of rotatable bonds is 3. The van der Waals surface area contributed by atoms with E-state index in [-0.39, 0.29) is 0 Å². The van der Waals surface area contributed by atoms with Crippen LogP contribution in [0.5, 0.6) is 0 Å². The van der Waals surface area contributed by atoms with E-state index in [4.69, 9.17) is 0 Å². The number of aryl methyl sites for hydroxylation is 1. The topological polar surface area (TPSA) is 34.9 Å². The summed E-state index contributed by atoms with van der Waals surface area (Å²) >= 11 is 0. The van der Waals surface area contributed by atoms with Crippen LogP contribution in [0.15, 0.2) is 18.5 Å². The zero-order valence-electron chi connectivity index (χ0n) is 6.40. The molecule has 0 radical (unpaired) electrons. The Hall–Kier alpha value is -1.38. The van der Waals surface area contributed by atoms with E-state index < -0.39 is 0 Å². The van der Waals surface area contributed by atoms with Crippen LogP contribution < -0.4 is 0 Å². The molecule has 0 atom stereocenters. The zero-order chi connectivity index (χ0) is 8.10. The number of aldehydes is 1. The van der Waals surface area contributed by atoms with E-state index in [2.05, 4.69) is 4.98 Å². The minimum Gasteiger partial charge on any atom is -0.310 e.